The van der Waals surface area contributed by atoms with Crippen molar-refractivity contribution in [3.63, 3.8) is 0 Å². The fraction of sp³-hybridized carbons (Fsp3) is 0.312. The standard InChI is InChI=1S/C16H19N5/c1-5-17-15-13-9-18-21(16(13)20-12(4)19-15)14-7-6-10(2)8-11(14)3/h6-9H,5H2,1-4H3,(H,17,19,20). The lowest BCUT2D eigenvalue weighted by Gasteiger charge is -2.09. The van der Waals surface area contributed by atoms with Crippen LogP contribution < -0.4 is 5.32 Å². The smallest absolute Gasteiger partial charge is 0.168 e. The number of aromatic nitrogens is 4. The molecule has 1 aromatic carbocycles. The molecule has 3 aromatic rings. The van der Waals surface area contributed by atoms with Gasteiger partial charge in [-0.3, -0.25) is 0 Å². The van der Waals surface area contributed by atoms with Gasteiger partial charge in [0.2, 0.25) is 0 Å². The zero-order valence-corrected chi connectivity index (χ0v) is 12.8. The van der Waals surface area contributed by atoms with Crippen molar-refractivity contribution in [2.45, 2.75) is 27.7 Å². The molecule has 0 aliphatic heterocycles. The molecule has 0 saturated carbocycles. The summed E-state index contributed by atoms with van der Waals surface area (Å²) in [6, 6.07) is 6.33. The third kappa shape index (κ3) is 2.35. The van der Waals surface area contributed by atoms with Crippen molar-refractivity contribution in [2.75, 3.05) is 11.9 Å². The van der Waals surface area contributed by atoms with Gasteiger partial charge in [-0.15, -0.1) is 0 Å². The number of hydrogen-bond acceptors (Lipinski definition) is 4. The molecule has 0 amide bonds. The molecule has 108 valence electrons. The third-order valence-corrected chi connectivity index (χ3v) is 3.46. The molecule has 0 bridgehead atoms. The van der Waals surface area contributed by atoms with Crippen molar-refractivity contribution in [1.29, 1.82) is 0 Å². The number of hydrogen-bond donors (Lipinski definition) is 1. The molecule has 0 radical (unpaired) electrons. The minimum absolute atomic E-state index is 0.741. The Morgan fingerprint density at radius 2 is 1.95 bits per heavy atom. The molecule has 0 fully saturated rings. The molecule has 3 rings (SSSR count). The van der Waals surface area contributed by atoms with Crippen LogP contribution >= 0.6 is 0 Å². The number of nitrogens with one attached hydrogen (secondary N) is 1. The van der Waals surface area contributed by atoms with Crippen LogP contribution in [0.3, 0.4) is 0 Å². The van der Waals surface area contributed by atoms with Crippen LogP contribution in [0.2, 0.25) is 0 Å². The summed E-state index contributed by atoms with van der Waals surface area (Å²) in [6.07, 6.45) is 1.83. The van der Waals surface area contributed by atoms with Crippen molar-refractivity contribution in [3.05, 3.63) is 41.3 Å². The van der Waals surface area contributed by atoms with Gasteiger partial charge in [-0.2, -0.15) is 5.10 Å². The monoisotopic (exact) mass is 281 g/mol. The average molecular weight is 281 g/mol. The number of rotatable bonds is 3. The highest BCUT2D eigenvalue weighted by molar-refractivity contribution is 5.87. The maximum atomic E-state index is 4.57. The lowest BCUT2D eigenvalue weighted by molar-refractivity contribution is 0.881. The third-order valence-electron chi connectivity index (χ3n) is 3.46. The van der Waals surface area contributed by atoms with Crippen molar-refractivity contribution < 1.29 is 0 Å². The van der Waals surface area contributed by atoms with Crippen molar-refractivity contribution in [2.24, 2.45) is 0 Å². The lowest BCUT2D eigenvalue weighted by Crippen LogP contribution is -2.05. The minimum Gasteiger partial charge on any atom is -0.370 e. The first kappa shape index (κ1) is 13.5. The summed E-state index contributed by atoms with van der Waals surface area (Å²) >= 11 is 0. The van der Waals surface area contributed by atoms with Gasteiger partial charge in [-0.25, -0.2) is 14.6 Å². The molecule has 5 heteroatoms. The van der Waals surface area contributed by atoms with Gasteiger partial charge in [-0.05, 0) is 39.3 Å². The van der Waals surface area contributed by atoms with E-state index in [2.05, 4.69) is 59.4 Å². The number of nitrogens with zero attached hydrogens (tertiary/aromatic N) is 4. The molecule has 2 aromatic heterocycles. The Bertz CT molecular complexity index is 804. The molecule has 0 aliphatic carbocycles. The van der Waals surface area contributed by atoms with Gasteiger partial charge in [0.1, 0.15) is 11.6 Å². The fourth-order valence-corrected chi connectivity index (χ4v) is 2.54. The zero-order chi connectivity index (χ0) is 15.0. The van der Waals surface area contributed by atoms with Gasteiger partial charge in [-0.1, -0.05) is 17.7 Å². The normalized spacial score (nSPS) is 11.0. The van der Waals surface area contributed by atoms with Gasteiger partial charge in [0.05, 0.1) is 17.3 Å². The van der Waals surface area contributed by atoms with E-state index < -0.39 is 0 Å². The van der Waals surface area contributed by atoms with E-state index in [4.69, 9.17) is 0 Å². The Morgan fingerprint density at radius 1 is 1.14 bits per heavy atom. The summed E-state index contributed by atoms with van der Waals surface area (Å²) in [7, 11) is 0. The van der Waals surface area contributed by atoms with E-state index in [-0.39, 0.29) is 0 Å². The Balaban J connectivity index is 2.24. The van der Waals surface area contributed by atoms with E-state index in [0.29, 0.717) is 0 Å². The highest BCUT2D eigenvalue weighted by Gasteiger charge is 2.13. The first-order chi connectivity index (χ1) is 10.1. The quantitative estimate of drug-likeness (QED) is 0.801. The minimum atomic E-state index is 0.741. The van der Waals surface area contributed by atoms with E-state index in [9.17, 15) is 0 Å². The summed E-state index contributed by atoms with van der Waals surface area (Å²) < 4.78 is 1.89. The van der Waals surface area contributed by atoms with Gasteiger partial charge in [0.15, 0.2) is 5.65 Å². The van der Waals surface area contributed by atoms with Crippen LogP contribution in [0.25, 0.3) is 16.7 Å². The summed E-state index contributed by atoms with van der Waals surface area (Å²) in [6.45, 7) is 8.96. The van der Waals surface area contributed by atoms with Crippen LogP contribution in [-0.4, -0.2) is 26.3 Å². The predicted octanol–water partition coefficient (Wildman–Crippen LogP) is 3.17. The summed E-state index contributed by atoms with van der Waals surface area (Å²) in [4.78, 5) is 9.03. The van der Waals surface area contributed by atoms with Crippen molar-refractivity contribution >= 4 is 16.9 Å². The van der Waals surface area contributed by atoms with Gasteiger partial charge in [0, 0.05) is 6.54 Å². The Hall–Kier alpha value is -2.43. The number of benzene rings is 1. The fourth-order valence-electron chi connectivity index (χ4n) is 2.54. The topological polar surface area (TPSA) is 55.6 Å². The summed E-state index contributed by atoms with van der Waals surface area (Å²) in [5.74, 6) is 1.58. The zero-order valence-electron chi connectivity index (χ0n) is 12.8. The molecule has 2 heterocycles. The molecule has 1 N–H and O–H groups in total. The molecule has 0 unspecified atom stereocenters. The lowest BCUT2D eigenvalue weighted by atomic mass is 10.1. The maximum absolute atomic E-state index is 4.57. The van der Waals surface area contributed by atoms with E-state index >= 15 is 0 Å². The second-order valence-electron chi connectivity index (χ2n) is 5.23. The van der Waals surface area contributed by atoms with Crippen LogP contribution in [0.4, 0.5) is 5.82 Å². The van der Waals surface area contributed by atoms with Gasteiger partial charge >= 0.3 is 0 Å². The molecule has 0 aliphatic rings. The number of aryl methyl sites for hydroxylation is 3. The van der Waals surface area contributed by atoms with Gasteiger partial charge < -0.3 is 5.32 Å². The first-order valence-corrected chi connectivity index (χ1v) is 7.14. The highest BCUT2D eigenvalue weighted by atomic mass is 15.3. The second-order valence-corrected chi connectivity index (χ2v) is 5.23. The number of fused-ring (bicyclic) bond motifs is 1. The van der Waals surface area contributed by atoms with Crippen molar-refractivity contribution in [1.82, 2.24) is 19.7 Å². The molecule has 21 heavy (non-hydrogen) atoms. The van der Waals surface area contributed by atoms with E-state index in [1.807, 2.05) is 17.8 Å². The summed E-state index contributed by atoms with van der Waals surface area (Å²) in [5.41, 5.74) is 4.31. The largest absolute Gasteiger partial charge is 0.370 e. The van der Waals surface area contributed by atoms with E-state index in [1.54, 1.807) is 0 Å². The maximum Gasteiger partial charge on any atom is 0.168 e. The van der Waals surface area contributed by atoms with Crippen LogP contribution in [0.5, 0.6) is 0 Å². The van der Waals surface area contributed by atoms with Crippen molar-refractivity contribution in [3.8, 4) is 5.69 Å². The van der Waals surface area contributed by atoms with Crippen LogP contribution in [-0.2, 0) is 0 Å². The van der Waals surface area contributed by atoms with E-state index in [0.717, 1.165) is 34.9 Å². The average Bonchev–Trinajstić information content (AvgIpc) is 2.83. The molecular formula is C16H19N5. The Labute approximate surface area is 124 Å². The first-order valence-electron chi connectivity index (χ1n) is 7.14. The molecule has 0 spiro atoms. The van der Waals surface area contributed by atoms with Crippen LogP contribution in [0, 0.1) is 20.8 Å². The van der Waals surface area contributed by atoms with Crippen LogP contribution in [0.15, 0.2) is 24.4 Å². The Kier molecular flexibility index (Phi) is 3.33. The number of anilines is 1. The van der Waals surface area contributed by atoms with Gasteiger partial charge in [0.25, 0.3) is 0 Å². The second kappa shape index (κ2) is 5.16. The van der Waals surface area contributed by atoms with E-state index in [1.165, 1.54) is 11.1 Å². The van der Waals surface area contributed by atoms with Crippen LogP contribution in [0.1, 0.15) is 23.9 Å². The molecule has 0 atom stereocenters. The highest BCUT2D eigenvalue weighted by Crippen LogP contribution is 2.24. The summed E-state index contributed by atoms with van der Waals surface area (Å²) in [5, 5.41) is 8.74. The molecular weight excluding hydrogens is 262 g/mol. The Morgan fingerprint density at radius 3 is 2.67 bits per heavy atom. The predicted molar refractivity (Wildman–Crippen MR) is 85.0 cm³/mol. The SMILES string of the molecule is CCNc1nc(C)nc2c1cnn2-c1ccc(C)cc1C. The molecule has 5 nitrogen and oxygen atoms in total. The molecule has 0 saturated heterocycles.